The Kier molecular flexibility index (Phi) is 1.60. The van der Waals surface area contributed by atoms with Crippen LogP contribution in [0.2, 0.25) is 0 Å². The second-order valence-corrected chi connectivity index (χ2v) is 3.04. The van der Waals surface area contributed by atoms with Crippen molar-refractivity contribution >= 4 is 5.97 Å². The second-order valence-electron chi connectivity index (χ2n) is 3.04. The molecule has 1 atom stereocenters. The number of hydrogen-bond donors (Lipinski definition) is 1. The molecule has 0 saturated heterocycles. The standard InChI is InChI=1S/C8H10N2O2/c11-8(12)6-2-1-3-10-5-9-4-7(6)10/h4-6H,1-3H2,(H,11,12). The maximum absolute atomic E-state index is 10.8. The van der Waals surface area contributed by atoms with E-state index in [2.05, 4.69) is 4.98 Å². The van der Waals surface area contributed by atoms with Gasteiger partial charge in [0.15, 0.2) is 0 Å². The molecule has 4 heteroatoms. The minimum Gasteiger partial charge on any atom is -0.481 e. The normalized spacial score (nSPS) is 21.8. The highest BCUT2D eigenvalue weighted by atomic mass is 16.4. The molecule has 0 aromatic carbocycles. The molecule has 1 aromatic heterocycles. The summed E-state index contributed by atoms with van der Waals surface area (Å²) >= 11 is 0. The number of carboxylic acids is 1. The predicted molar refractivity (Wildman–Crippen MR) is 41.8 cm³/mol. The van der Waals surface area contributed by atoms with Gasteiger partial charge in [0.25, 0.3) is 0 Å². The fourth-order valence-electron chi connectivity index (χ4n) is 1.67. The molecular weight excluding hydrogens is 156 g/mol. The van der Waals surface area contributed by atoms with Crippen molar-refractivity contribution in [2.45, 2.75) is 25.3 Å². The van der Waals surface area contributed by atoms with Gasteiger partial charge < -0.3 is 9.67 Å². The largest absolute Gasteiger partial charge is 0.481 e. The van der Waals surface area contributed by atoms with Gasteiger partial charge in [-0.05, 0) is 12.8 Å². The Bertz CT molecular complexity index is 306. The van der Waals surface area contributed by atoms with Crippen molar-refractivity contribution in [1.82, 2.24) is 9.55 Å². The van der Waals surface area contributed by atoms with Crippen molar-refractivity contribution in [2.24, 2.45) is 0 Å². The Hall–Kier alpha value is -1.32. The summed E-state index contributed by atoms with van der Waals surface area (Å²) in [5.74, 6) is -1.09. The third-order valence-corrected chi connectivity index (χ3v) is 2.29. The molecule has 4 nitrogen and oxygen atoms in total. The van der Waals surface area contributed by atoms with Crippen molar-refractivity contribution in [3.05, 3.63) is 18.2 Å². The molecule has 0 spiro atoms. The lowest BCUT2D eigenvalue weighted by Crippen LogP contribution is -2.20. The Morgan fingerprint density at radius 3 is 3.33 bits per heavy atom. The number of aryl methyl sites for hydroxylation is 1. The van der Waals surface area contributed by atoms with Crippen LogP contribution in [0.5, 0.6) is 0 Å². The zero-order chi connectivity index (χ0) is 8.55. The lowest BCUT2D eigenvalue weighted by atomic mass is 9.97. The average molecular weight is 166 g/mol. The SMILES string of the molecule is O=C(O)C1CCCn2cncc21. The number of imidazole rings is 1. The molecule has 2 heterocycles. The molecule has 0 bridgehead atoms. The monoisotopic (exact) mass is 166 g/mol. The molecular formula is C8H10N2O2. The smallest absolute Gasteiger partial charge is 0.312 e. The predicted octanol–water partition coefficient (Wildman–Crippen LogP) is 0.845. The number of carboxylic acid groups (broad SMARTS) is 1. The molecule has 1 N–H and O–H groups in total. The summed E-state index contributed by atoms with van der Waals surface area (Å²) < 4.78 is 1.92. The Morgan fingerprint density at radius 2 is 2.58 bits per heavy atom. The van der Waals surface area contributed by atoms with Gasteiger partial charge in [0, 0.05) is 12.7 Å². The quantitative estimate of drug-likeness (QED) is 0.672. The molecule has 1 aliphatic heterocycles. The first kappa shape index (κ1) is 7.34. The van der Waals surface area contributed by atoms with Crippen molar-refractivity contribution in [1.29, 1.82) is 0 Å². The average Bonchev–Trinajstić information content (AvgIpc) is 2.49. The third-order valence-electron chi connectivity index (χ3n) is 2.29. The number of carbonyl (C=O) groups is 1. The van der Waals surface area contributed by atoms with E-state index in [0.29, 0.717) is 0 Å². The van der Waals surface area contributed by atoms with Crippen molar-refractivity contribution in [2.75, 3.05) is 0 Å². The first-order chi connectivity index (χ1) is 5.79. The minimum absolute atomic E-state index is 0.346. The summed E-state index contributed by atoms with van der Waals surface area (Å²) in [7, 11) is 0. The second kappa shape index (κ2) is 2.62. The number of fused-ring (bicyclic) bond motifs is 1. The van der Waals surface area contributed by atoms with E-state index in [1.807, 2.05) is 4.57 Å². The Morgan fingerprint density at radius 1 is 1.75 bits per heavy atom. The zero-order valence-corrected chi connectivity index (χ0v) is 6.60. The van der Waals surface area contributed by atoms with Crippen LogP contribution >= 0.6 is 0 Å². The first-order valence-electron chi connectivity index (χ1n) is 4.02. The number of rotatable bonds is 1. The lowest BCUT2D eigenvalue weighted by molar-refractivity contribution is -0.139. The van der Waals surface area contributed by atoms with Crippen LogP contribution in [0.25, 0.3) is 0 Å². The first-order valence-corrected chi connectivity index (χ1v) is 4.02. The van der Waals surface area contributed by atoms with Gasteiger partial charge in [0.1, 0.15) is 0 Å². The van der Waals surface area contributed by atoms with E-state index in [1.165, 1.54) is 0 Å². The van der Waals surface area contributed by atoms with Crippen LogP contribution in [-0.2, 0) is 11.3 Å². The van der Waals surface area contributed by atoms with Crippen LogP contribution in [0.15, 0.2) is 12.5 Å². The maximum Gasteiger partial charge on any atom is 0.312 e. The van der Waals surface area contributed by atoms with Crippen LogP contribution < -0.4 is 0 Å². The van der Waals surface area contributed by atoms with E-state index in [9.17, 15) is 4.79 Å². The number of hydrogen-bond acceptors (Lipinski definition) is 2. The van der Waals surface area contributed by atoms with E-state index < -0.39 is 5.97 Å². The van der Waals surface area contributed by atoms with Gasteiger partial charge in [-0.25, -0.2) is 4.98 Å². The van der Waals surface area contributed by atoms with Gasteiger partial charge in [-0.2, -0.15) is 0 Å². The molecule has 64 valence electrons. The highest BCUT2D eigenvalue weighted by molar-refractivity contribution is 5.75. The van der Waals surface area contributed by atoms with E-state index in [4.69, 9.17) is 5.11 Å². The summed E-state index contributed by atoms with van der Waals surface area (Å²) in [6, 6.07) is 0. The van der Waals surface area contributed by atoms with Gasteiger partial charge >= 0.3 is 5.97 Å². The molecule has 2 rings (SSSR count). The maximum atomic E-state index is 10.8. The van der Waals surface area contributed by atoms with Crippen molar-refractivity contribution < 1.29 is 9.90 Å². The van der Waals surface area contributed by atoms with Gasteiger partial charge in [-0.15, -0.1) is 0 Å². The van der Waals surface area contributed by atoms with E-state index in [0.717, 1.165) is 25.1 Å². The van der Waals surface area contributed by atoms with Crippen LogP contribution in [-0.4, -0.2) is 20.6 Å². The van der Waals surface area contributed by atoms with E-state index >= 15 is 0 Å². The van der Waals surface area contributed by atoms with E-state index in [-0.39, 0.29) is 5.92 Å². The molecule has 0 saturated carbocycles. The van der Waals surface area contributed by atoms with Crippen LogP contribution in [0.4, 0.5) is 0 Å². The van der Waals surface area contributed by atoms with Crippen LogP contribution in [0.3, 0.4) is 0 Å². The summed E-state index contributed by atoms with van der Waals surface area (Å²) in [5.41, 5.74) is 0.841. The van der Waals surface area contributed by atoms with Gasteiger partial charge in [0.2, 0.25) is 0 Å². The number of nitrogens with zero attached hydrogens (tertiary/aromatic N) is 2. The summed E-state index contributed by atoms with van der Waals surface area (Å²) in [5, 5.41) is 8.86. The Balaban J connectivity index is 2.37. The summed E-state index contributed by atoms with van der Waals surface area (Å²) in [6.45, 7) is 0.902. The molecule has 0 aliphatic carbocycles. The number of aromatic nitrogens is 2. The summed E-state index contributed by atoms with van der Waals surface area (Å²) in [4.78, 5) is 14.7. The highest BCUT2D eigenvalue weighted by Crippen LogP contribution is 2.26. The van der Waals surface area contributed by atoms with Crippen molar-refractivity contribution in [3.8, 4) is 0 Å². The molecule has 0 amide bonds. The van der Waals surface area contributed by atoms with E-state index in [1.54, 1.807) is 12.5 Å². The van der Waals surface area contributed by atoms with Crippen LogP contribution in [0.1, 0.15) is 24.5 Å². The summed E-state index contributed by atoms with van der Waals surface area (Å²) in [6.07, 6.45) is 5.02. The molecule has 1 aliphatic rings. The van der Waals surface area contributed by atoms with Gasteiger partial charge in [-0.1, -0.05) is 0 Å². The zero-order valence-electron chi connectivity index (χ0n) is 6.60. The lowest BCUT2D eigenvalue weighted by Gasteiger charge is -2.20. The fraction of sp³-hybridized carbons (Fsp3) is 0.500. The molecule has 1 unspecified atom stereocenters. The van der Waals surface area contributed by atoms with Gasteiger partial charge in [-0.3, -0.25) is 4.79 Å². The minimum atomic E-state index is -0.739. The third kappa shape index (κ3) is 0.995. The molecule has 1 aromatic rings. The molecule has 12 heavy (non-hydrogen) atoms. The topological polar surface area (TPSA) is 55.1 Å². The van der Waals surface area contributed by atoms with Crippen molar-refractivity contribution in [3.63, 3.8) is 0 Å². The molecule has 0 radical (unpaired) electrons. The molecule has 0 fully saturated rings. The Labute approximate surface area is 69.8 Å². The van der Waals surface area contributed by atoms with Gasteiger partial charge in [0.05, 0.1) is 17.9 Å². The van der Waals surface area contributed by atoms with Crippen LogP contribution in [0, 0.1) is 0 Å². The fourth-order valence-corrected chi connectivity index (χ4v) is 1.67. The number of aliphatic carboxylic acids is 1. The highest BCUT2D eigenvalue weighted by Gasteiger charge is 2.26.